The van der Waals surface area contributed by atoms with Gasteiger partial charge in [0, 0.05) is 13.1 Å². The molecule has 0 bridgehead atoms. The van der Waals surface area contributed by atoms with Crippen molar-refractivity contribution >= 4 is 11.5 Å². The van der Waals surface area contributed by atoms with Crippen LogP contribution in [0.2, 0.25) is 0 Å². The highest BCUT2D eigenvalue weighted by Crippen LogP contribution is 2.25. The first-order valence-electron chi connectivity index (χ1n) is 6.36. The molecule has 1 aliphatic rings. The number of hydrogen-bond acceptors (Lipinski definition) is 6. The summed E-state index contributed by atoms with van der Waals surface area (Å²) in [5.74, 6) is 1.78. The van der Waals surface area contributed by atoms with Crippen LogP contribution in [0.4, 0.5) is 11.5 Å². The summed E-state index contributed by atoms with van der Waals surface area (Å²) >= 11 is 0. The predicted molar refractivity (Wildman–Crippen MR) is 71.7 cm³/mol. The second kappa shape index (κ2) is 5.86. The van der Waals surface area contributed by atoms with Crippen molar-refractivity contribution in [3.63, 3.8) is 0 Å². The van der Waals surface area contributed by atoms with Crippen LogP contribution in [0.1, 0.15) is 13.3 Å². The highest BCUT2D eigenvalue weighted by atomic mass is 16.5. The van der Waals surface area contributed by atoms with Crippen LogP contribution in [0.25, 0.3) is 0 Å². The zero-order valence-electron chi connectivity index (χ0n) is 11.0. The van der Waals surface area contributed by atoms with E-state index < -0.39 is 0 Å². The first-order chi connectivity index (χ1) is 8.70. The molecule has 0 spiro atoms. The minimum Gasteiger partial charge on any atom is -0.476 e. The van der Waals surface area contributed by atoms with E-state index in [9.17, 15) is 0 Å². The number of rotatable bonds is 5. The lowest BCUT2D eigenvalue weighted by molar-refractivity contribution is 0.328. The van der Waals surface area contributed by atoms with Crippen LogP contribution in [0.15, 0.2) is 6.33 Å². The molecule has 1 aliphatic heterocycles. The van der Waals surface area contributed by atoms with Gasteiger partial charge in [-0.2, -0.15) is 4.98 Å². The highest BCUT2D eigenvalue weighted by molar-refractivity contribution is 5.66. The number of nitrogens with two attached hydrogens (primary N) is 1. The van der Waals surface area contributed by atoms with Crippen molar-refractivity contribution < 1.29 is 4.74 Å². The fourth-order valence-electron chi connectivity index (χ4n) is 2.21. The van der Waals surface area contributed by atoms with Gasteiger partial charge < -0.3 is 20.7 Å². The van der Waals surface area contributed by atoms with E-state index in [0.717, 1.165) is 19.6 Å². The monoisotopic (exact) mass is 251 g/mol. The summed E-state index contributed by atoms with van der Waals surface area (Å²) in [5.41, 5.74) is 6.45. The van der Waals surface area contributed by atoms with E-state index in [1.54, 1.807) is 0 Å². The average Bonchev–Trinajstić information content (AvgIpc) is 2.77. The standard InChI is InChI=1S/C12H21N5O/c1-3-18-12-10(13)11(15-8-16-12)14-6-9-4-5-17(2)7-9/h8-9H,3-7,13H2,1-2H3,(H,14,15,16). The molecule has 0 aliphatic carbocycles. The van der Waals surface area contributed by atoms with Crippen molar-refractivity contribution in [1.82, 2.24) is 14.9 Å². The molecule has 1 fully saturated rings. The predicted octanol–water partition coefficient (Wildman–Crippen LogP) is 0.821. The smallest absolute Gasteiger partial charge is 0.242 e. The van der Waals surface area contributed by atoms with E-state index in [2.05, 4.69) is 27.2 Å². The molecular formula is C12H21N5O. The molecule has 1 aromatic heterocycles. The Morgan fingerprint density at radius 2 is 2.39 bits per heavy atom. The average molecular weight is 251 g/mol. The van der Waals surface area contributed by atoms with E-state index in [1.165, 1.54) is 12.7 Å². The number of nitrogens with zero attached hydrogens (tertiary/aromatic N) is 3. The fraction of sp³-hybridized carbons (Fsp3) is 0.667. The molecule has 6 heteroatoms. The lowest BCUT2D eigenvalue weighted by Crippen LogP contribution is -2.20. The zero-order valence-corrected chi connectivity index (χ0v) is 11.0. The Bertz CT molecular complexity index is 398. The lowest BCUT2D eigenvalue weighted by atomic mass is 10.1. The van der Waals surface area contributed by atoms with E-state index in [-0.39, 0.29) is 0 Å². The minimum atomic E-state index is 0.457. The van der Waals surface area contributed by atoms with Gasteiger partial charge in [0.25, 0.3) is 0 Å². The molecule has 0 amide bonds. The van der Waals surface area contributed by atoms with Crippen molar-refractivity contribution in [2.45, 2.75) is 13.3 Å². The van der Waals surface area contributed by atoms with Crippen molar-refractivity contribution in [3.05, 3.63) is 6.33 Å². The molecule has 1 unspecified atom stereocenters. The van der Waals surface area contributed by atoms with Gasteiger partial charge in [-0.3, -0.25) is 0 Å². The summed E-state index contributed by atoms with van der Waals surface area (Å²) in [6.45, 7) is 5.63. The summed E-state index contributed by atoms with van der Waals surface area (Å²) < 4.78 is 5.34. The summed E-state index contributed by atoms with van der Waals surface area (Å²) in [6.07, 6.45) is 2.69. The minimum absolute atomic E-state index is 0.457. The molecule has 6 nitrogen and oxygen atoms in total. The van der Waals surface area contributed by atoms with Gasteiger partial charge >= 0.3 is 0 Å². The maximum absolute atomic E-state index is 5.96. The molecule has 0 aromatic carbocycles. The number of nitrogens with one attached hydrogen (secondary N) is 1. The molecule has 2 rings (SSSR count). The van der Waals surface area contributed by atoms with Crippen LogP contribution in [0.3, 0.4) is 0 Å². The quantitative estimate of drug-likeness (QED) is 0.807. The largest absolute Gasteiger partial charge is 0.476 e. The van der Waals surface area contributed by atoms with Gasteiger partial charge in [-0.25, -0.2) is 4.98 Å². The Kier molecular flexibility index (Phi) is 4.19. The molecule has 1 aromatic rings. The number of nitrogen functional groups attached to an aromatic ring is 1. The third-order valence-corrected chi connectivity index (χ3v) is 3.18. The van der Waals surface area contributed by atoms with Gasteiger partial charge in [0.1, 0.15) is 12.0 Å². The lowest BCUT2D eigenvalue weighted by Gasteiger charge is -2.14. The van der Waals surface area contributed by atoms with Crippen LogP contribution in [-0.4, -0.2) is 48.2 Å². The van der Waals surface area contributed by atoms with Crippen molar-refractivity contribution in [1.29, 1.82) is 0 Å². The van der Waals surface area contributed by atoms with Crippen molar-refractivity contribution in [2.24, 2.45) is 5.92 Å². The van der Waals surface area contributed by atoms with E-state index in [1.807, 2.05) is 6.92 Å². The fourth-order valence-corrected chi connectivity index (χ4v) is 2.21. The Morgan fingerprint density at radius 1 is 1.56 bits per heavy atom. The van der Waals surface area contributed by atoms with Crippen LogP contribution in [-0.2, 0) is 0 Å². The molecule has 18 heavy (non-hydrogen) atoms. The summed E-state index contributed by atoms with van der Waals surface area (Å²) in [7, 11) is 2.15. The van der Waals surface area contributed by atoms with Crippen LogP contribution in [0.5, 0.6) is 5.88 Å². The van der Waals surface area contributed by atoms with E-state index >= 15 is 0 Å². The number of anilines is 2. The van der Waals surface area contributed by atoms with Gasteiger partial charge in [0.2, 0.25) is 5.88 Å². The van der Waals surface area contributed by atoms with Gasteiger partial charge in [0.05, 0.1) is 6.61 Å². The number of likely N-dealkylation sites (tertiary alicyclic amines) is 1. The molecule has 3 N–H and O–H groups in total. The second-order valence-electron chi connectivity index (χ2n) is 4.67. The topological polar surface area (TPSA) is 76.3 Å². The van der Waals surface area contributed by atoms with Crippen molar-refractivity contribution in [3.8, 4) is 5.88 Å². The molecule has 2 heterocycles. The number of ether oxygens (including phenoxy) is 1. The maximum atomic E-state index is 5.96. The van der Waals surface area contributed by atoms with Gasteiger partial charge in [-0.15, -0.1) is 0 Å². The van der Waals surface area contributed by atoms with E-state index in [0.29, 0.717) is 29.9 Å². The molecular weight excluding hydrogens is 230 g/mol. The molecule has 1 saturated heterocycles. The maximum Gasteiger partial charge on any atom is 0.242 e. The SMILES string of the molecule is CCOc1ncnc(NCC2CCN(C)C2)c1N. The third-order valence-electron chi connectivity index (χ3n) is 3.18. The van der Waals surface area contributed by atoms with Gasteiger partial charge in [-0.1, -0.05) is 0 Å². The Labute approximate surface area is 108 Å². The first-order valence-corrected chi connectivity index (χ1v) is 6.36. The summed E-state index contributed by atoms with van der Waals surface area (Å²) in [4.78, 5) is 10.5. The summed E-state index contributed by atoms with van der Waals surface area (Å²) in [5, 5.41) is 3.29. The highest BCUT2D eigenvalue weighted by Gasteiger charge is 2.19. The Balaban J connectivity index is 1.94. The van der Waals surface area contributed by atoms with Crippen LogP contribution < -0.4 is 15.8 Å². The third kappa shape index (κ3) is 3.01. The summed E-state index contributed by atoms with van der Waals surface area (Å²) in [6, 6.07) is 0. The molecule has 0 radical (unpaired) electrons. The number of hydrogen-bond donors (Lipinski definition) is 2. The number of aromatic nitrogens is 2. The Hall–Kier alpha value is -1.56. The second-order valence-corrected chi connectivity index (χ2v) is 4.67. The van der Waals surface area contributed by atoms with Gasteiger partial charge in [0.15, 0.2) is 5.82 Å². The van der Waals surface area contributed by atoms with Crippen molar-refractivity contribution in [2.75, 3.05) is 44.3 Å². The molecule has 1 atom stereocenters. The zero-order chi connectivity index (χ0) is 13.0. The normalized spacial score (nSPS) is 20.0. The first kappa shape index (κ1) is 12.9. The van der Waals surface area contributed by atoms with Crippen LogP contribution in [0, 0.1) is 5.92 Å². The van der Waals surface area contributed by atoms with E-state index in [4.69, 9.17) is 10.5 Å². The Morgan fingerprint density at radius 3 is 3.06 bits per heavy atom. The van der Waals surface area contributed by atoms with Crippen LogP contribution >= 0.6 is 0 Å². The van der Waals surface area contributed by atoms with Gasteiger partial charge in [-0.05, 0) is 32.9 Å². The molecule has 0 saturated carbocycles. The molecule has 100 valence electrons.